The average Bonchev–Trinajstić information content (AvgIpc) is 3.27. The van der Waals surface area contributed by atoms with Gasteiger partial charge in [0.25, 0.3) is 5.91 Å². The van der Waals surface area contributed by atoms with E-state index in [0.29, 0.717) is 16.9 Å². The Hall–Kier alpha value is -3.65. The van der Waals surface area contributed by atoms with E-state index >= 15 is 0 Å². The van der Waals surface area contributed by atoms with Crippen molar-refractivity contribution in [3.8, 4) is 0 Å². The maximum atomic E-state index is 14.0. The van der Waals surface area contributed by atoms with Crippen LogP contribution in [0.4, 0.5) is 21.5 Å². The number of hydrogen-bond acceptors (Lipinski definition) is 4. The lowest BCUT2D eigenvalue weighted by Crippen LogP contribution is -2.50. The fourth-order valence-corrected chi connectivity index (χ4v) is 5.66. The highest BCUT2D eigenvalue weighted by Crippen LogP contribution is 2.55. The van der Waals surface area contributed by atoms with Crippen molar-refractivity contribution >= 4 is 46.5 Å². The topological polar surface area (TPSA) is 69.7 Å². The number of halogens is 1. The molecule has 1 atom stereocenters. The fraction of sp³-hybridized carbons (Fsp3) is 0.160. The van der Waals surface area contributed by atoms with Gasteiger partial charge in [-0.3, -0.25) is 24.2 Å². The summed E-state index contributed by atoms with van der Waals surface area (Å²) in [6, 6.07) is 20.5. The Morgan fingerprint density at radius 1 is 1.03 bits per heavy atom. The van der Waals surface area contributed by atoms with E-state index in [1.54, 1.807) is 18.2 Å². The van der Waals surface area contributed by atoms with Gasteiger partial charge in [-0.25, -0.2) is 4.39 Å². The lowest BCUT2D eigenvalue weighted by atomic mass is 10.0. The standard InChI is InChI=1S/C25H20FN3O3S/c1-16-10-12-17(13-11-16)29-23(31)15-33-25(29)18-6-2-5-9-21(18)28(24(25)32)14-22(30)27-20-8-4-3-7-19(20)26/h2-13H,14-15H2,1H3,(H,27,30). The van der Waals surface area contributed by atoms with Crippen molar-refractivity contribution < 1.29 is 18.8 Å². The second-order valence-electron chi connectivity index (χ2n) is 7.93. The van der Waals surface area contributed by atoms with Crippen LogP contribution in [0.5, 0.6) is 0 Å². The van der Waals surface area contributed by atoms with Crippen molar-refractivity contribution in [2.24, 2.45) is 0 Å². The third-order valence-corrected chi connectivity index (χ3v) is 7.19. The molecule has 2 aliphatic rings. The van der Waals surface area contributed by atoms with Crippen LogP contribution >= 0.6 is 11.8 Å². The van der Waals surface area contributed by atoms with E-state index in [0.717, 1.165) is 5.56 Å². The summed E-state index contributed by atoms with van der Waals surface area (Å²) >= 11 is 1.25. The Balaban J connectivity index is 1.52. The first-order valence-corrected chi connectivity index (χ1v) is 11.4. The molecule has 0 bridgehead atoms. The summed E-state index contributed by atoms with van der Waals surface area (Å²) in [5, 5.41) is 2.53. The fourth-order valence-electron chi connectivity index (χ4n) is 4.30. The highest BCUT2D eigenvalue weighted by molar-refractivity contribution is 8.02. The second-order valence-corrected chi connectivity index (χ2v) is 9.10. The Labute approximate surface area is 194 Å². The number of nitrogens with zero attached hydrogens (tertiary/aromatic N) is 2. The Kier molecular flexibility index (Phi) is 5.17. The molecule has 0 saturated carbocycles. The summed E-state index contributed by atoms with van der Waals surface area (Å²) in [5.41, 5.74) is 2.92. The van der Waals surface area contributed by atoms with Gasteiger partial charge in [0.15, 0.2) is 0 Å². The van der Waals surface area contributed by atoms with Gasteiger partial charge in [0.2, 0.25) is 16.7 Å². The van der Waals surface area contributed by atoms with E-state index in [-0.39, 0.29) is 29.8 Å². The maximum absolute atomic E-state index is 14.0. The molecule has 6 nitrogen and oxygen atoms in total. The van der Waals surface area contributed by atoms with Crippen molar-refractivity contribution in [2.75, 3.05) is 27.4 Å². The van der Waals surface area contributed by atoms with E-state index in [1.165, 1.54) is 39.8 Å². The van der Waals surface area contributed by atoms with Crippen LogP contribution in [-0.2, 0) is 19.3 Å². The van der Waals surface area contributed by atoms with Gasteiger partial charge < -0.3 is 5.32 Å². The zero-order valence-corrected chi connectivity index (χ0v) is 18.6. The lowest BCUT2D eigenvalue weighted by Gasteiger charge is -2.33. The number of para-hydroxylation sites is 2. The van der Waals surface area contributed by atoms with Crippen LogP contribution in [0.2, 0.25) is 0 Å². The van der Waals surface area contributed by atoms with Crippen molar-refractivity contribution in [1.82, 2.24) is 0 Å². The van der Waals surface area contributed by atoms with E-state index in [9.17, 15) is 18.8 Å². The van der Waals surface area contributed by atoms with Gasteiger partial charge in [-0.2, -0.15) is 0 Å². The molecule has 3 aromatic carbocycles. The number of anilines is 3. The molecule has 0 aliphatic carbocycles. The van der Waals surface area contributed by atoms with Crippen LogP contribution in [0.25, 0.3) is 0 Å². The van der Waals surface area contributed by atoms with E-state index in [1.807, 2.05) is 43.3 Å². The zero-order chi connectivity index (χ0) is 23.2. The molecule has 1 spiro atoms. The highest BCUT2D eigenvalue weighted by Gasteiger charge is 2.61. The van der Waals surface area contributed by atoms with E-state index < -0.39 is 16.6 Å². The highest BCUT2D eigenvalue weighted by atomic mass is 32.2. The number of hydrogen-bond donors (Lipinski definition) is 1. The molecule has 2 heterocycles. The molecule has 1 N–H and O–H groups in total. The van der Waals surface area contributed by atoms with Gasteiger partial charge in [-0.1, -0.05) is 48.0 Å². The van der Waals surface area contributed by atoms with Crippen molar-refractivity contribution in [1.29, 1.82) is 0 Å². The predicted octanol–water partition coefficient (Wildman–Crippen LogP) is 4.05. The quantitative estimate of drug-likeness (QED) is 0.637. The number of benzene rings is 3. The molecule has 0 radical (unpaired) electrons. The van der Waals surface area contributed by atoms with E-state index in [2.05, 4.69) is 5.32 Å². The minimum absolute atomic E-state index is 0.0452. The molecule has 8 heteroatoms. The number of carbonyl (C=O) groups is 3. The molecular weight excluding hydrogens is 441 g/mol. The number of thioether (sulfide) groups is 1. The molecule has 0 aromatic heterocycles. The molecule has 1 unspecified atom stereocenters. The number of rotatable bonds is 4. The SMILES string of the molecule is Cc1ccc(N2C(=O)CSC23C(=O)N(CC(=O)Nc2ccccc2F)c2ccccc23)cc1. The molecule has 33 heavy (non-hydrogen) atoms. The van der Waals surface area contributed by atoms with Gasteiger partial charge in [-0.05, 0) is 37.3 Å². The first-order chi connectivity index (χ1) is 15.9. The summed E-state index contributed by atoms with van der Waals surface area (Å²) in [6.07, 6.45) is 0. The minimum Gasteiger partial charge on any atom is -0.322 e. The largest absolute Gasteiger partial charge is 0.322 e. The summed E-state index contributed by atoms with van der Waals surface area (Å²) < 4.78 is 14.0. The van der Waals surface area contributed by atoms with Gasteiger partial charge in [0, 0.05) is 11.3 Å². The molecule has 1 saturated heterocycles. The van der Waals surface area contributed by atoms with Gasteiger partial charge in [-0.15, -0.1) is 11.8 Å². The third kappa shape index (κ3) is 3.38. The van der Waals surface area contributed by atoms with Gasteiger partial charge in [0.1, 0.15) is 12.4 Å². The van der Waals surface area contributed by atoms with Crippen molar-refractivity contribution in [3.05, 3.63) is 89.7 Å². The van der Waals surface area contributed by atoms with Crippen LogP contribution in [0.15, 0.2) is 72.8 Å². The number of fused-ring (bicyclic) bond motifs is 2. The normalized spacial score (nSPS) is 19.3. The predicted molar refractivity (Wildman–Crippen MR) is 127 cm³/mol. The third-order valence-electron chi connectivity index (χ3n) is 5.81. The first kappa shape index (κ1) is 21.2. The van der Waals surface area contributed by atoms with Gasteiger partial charge >= 0.3 is 0 Å². The maximum Gasteiger partial charge on any atom is 0.269 e. The van der Waals surface area contributed by atoms with Crippen LogP contribution in [-0.4, -0.2) is 30.0 Å². The molecule has 3 aromatic rings. The number of aryl methyl sites for hydroxylation is 1. The molecule has 3 amide bonds. The van der Waals surface area contributed by atoms with Crippen LogP contribution in [0.3, 0.4) is 0 Å². The molecule has 166 valence electrons. The molecule has 5 rings (SSSR count). The summed E-state index contributed by atoms with van der Waals surface area (Å²) in [7, 11) is 0. The van der Waals surface area contributed by atoms with Crippen molar-refractivity contribution in [2.45, 2.75) is 11.8 Å². The Bertz CT molecular complexity index is 1280. The smallest absolute Gasteiger partial charge is 0.269 e. The summed E-state index contributed by atoms with van der Waals surface area (Å²) in [4.78, 5) is 41.3. The van der Waals surface area contributed by atoms with Crippen molar-refractivity contribution in [3.63, 3.8) is 0 Å². The number of nitrogens with one attached hydrogen (secondary N) is 1. The minimum atomic E-state index is -1.29. The molecule has 1 fully saturated rings. The second kappa shape index (κ2) is 8.04. The van der Waals surface area contributed by atoms with Crippen LogP contribution in [0, 0.1) is 12.7 Å². The van der Waals surface area contributed by atoms with Crippen LogP contribution < -0.4 is 15.1 Å². The van der Waals surface area contributed by atoms with E-state index in [4.69, 9.17) is 0 Å². The van der Waals surface area contributed by atoms with Crippen LogP contribution in [0.1, 0.15) is 11.1 Å². The first-order valence-electron chi connectivity index (χ1n) is 10.4. The summed E-state index contributed by atoms with van der Waals surface area (Å²) in [6.45, 7) is 1.65. The number of carbonyl (C=O) groups excluding carboxylic acids is 3. The zero-order valence-electron chi connectivity index (χ0n) is 17.7. The Morgan fingerprint density at radius 3 is 2.48 bits per heavy atom. The Morgan fingerprint density at radius 2 is 1.73 bits per heavy atom. The monoisotopic (exact) mass is 461 g/mol. The summed E-state index contributed by atoms with van der Waals surface area (Å²) in [5.74, 6) is -1.49. The number of amides is 3. The van der Waals surface area contributed by atoms with Gasteiger partial charge in [0.05, 0.1) is 17.1 Å². The molecule has 2 aliphatic heterocycles. The molecular formula is C25H20FN3O3S. The lowest BCUT2D eigenvalue weighted by molar-refractivity contribution is -0.124. The average molecular weight is 462 g/mol.